The first-order valence-corrected chi connectivity index (χ1v) is 7.13. The third-order valence-electron chi connectivity index (χ3n) is 2.73. The number of rotatable bonds is 5. The highest BCUT2D eigenvalue weighted by atomic mass is 35.5. The van der Waals surface area contributed by atoms with E-state index in [4.69, 9.17) is 21.2 Å². The number of nitrogens with one attached hydrogen (secondary N) is 2. The highest BCUT2D eigenvalue weighted by molar-refractivity contribution is 6.29. The van der Waals surface area contributed by atoms with E-state index in [0.29, 0.717) is 0 Å². The number of nitrogens with zero attached hydrogens (tertiary/aromatic N) is 4. The molecule has 0 aliphatic carbocycles. The van der Waals surface area contributed by atoms with E-state index in [9.17, 15) is 26.3 Å². The molecule has 2 heterocycles. The summed E-state index contributed by atoms with van der Waals surface area (Å²) in [6.45, 7) is -7.36. The fraction of sp³-hybridized carbons (Fsp3) is 0.429. The van der Waals surface area contributed by atoms with Gasteiger partial charge in [0.1, 0.15) is 22.9 Å². The van der Waals surface area contributed by atoms with Crippen LogP contribution in [0.4, 0.5) is 38.2 Å². The molecule has 0 spiro atoms. The Balaban J connectivity index is 2.65. The Morgan fingerprint density at radius 2 is 1.48 bits per heavy atom. The van der Waals surface area contributed by atoms with Gasteiger partial charge in [-0.2, -0.15) is 41.3 Å². The van der Waals surface area contributed by atoms with Crippen LogP contribution in [0, 0.1) is 0 Å². The number of aromatic nitrogens is 4. The molecule has 6 nitrogen and oxygen atoms in total. The maximum absolute atomic E-state index is 13.3. The molecule has 0 bridgehead atoms. The van der Waals surface area contributed by atoms with E-state index >= 15 is 0 Å². The van der Waals surface area contributed by atoms with Crippen LogP contribution in [0.1, 0.15) is 23.3 Å². The molecule has 0 radical (unpaired) electrons. The van der Waals surface area contributed by atoms with E-state index in [1.54, 1.807) is 0 Å². The van der Waals surface area contributed by atoms with Gasteiger partial charge >= 0.3 is 12.4 Å². The van der Waals surface area contributed by atoms with Crippen LogP contribution in [-0.4, -0.2) is 44.4 Å². The lowest BCUT2D eigenvalue weighted by atomic mass is 10.3. The molecule has 0 aliphatic heterocycles. The molecular weight excluding hydrogens is 402 g/mol. The summed E-state index contributed by atoms with van der Waals surface area (Å²) in [6, 6.07) is -4.65. The van der Waals surface area contributed by atoms with Crippen LogP contribution in [0.5, 0.6) is 0 Å². The second-order valence-electron chi connectivity index (χ2n) is 4.81. The first-order chi connectivity index (χ1) is 15.2. The summed E-state index contributed by atoms with van der Waals surface area (Å²) < 4.78 is 130. The smallest absolute Gasteiger partial charge is 0.343 e. The molecule has 0 aromatic carbocycles. The number of hydrogen-bond donors (Lipinski definition) is 2. The van der Waals surface area contributed by atoms with Crippen molar-refractivity contribution in [3.8, 4) is 11.5 Å². The minimum absolute atomic E-state index is 0.282. The quantitative estimate of drug-likeness (QED) is 0.553. The first-order valence-electron chi connectivity index (χ1n) is 10.3. The number of pyridine rings is 1. The van der Waals surface area contributed by atoms with Gasteiger partial charge in [-0.3, -0.25) is 0 Å². The highest BCUT2D eigenvalue weighted by Gasteiger charge is 2.38. The highest BCUT2D eigenvalue weighted by Crippen LogP contribution is 2.26. The summed E-state index contributed by atoms with van der Waals surface area (Å²) in [4.78, 5) is 14.1. The van der Waals surface area contributed by atoms with E-state index in [-0.39, 0.29) is 11.7 Å². The van der Waals surface area contributed by atoms with E-state index in [1.165, 1.54) is 10.6 Å². The molecule has 2 atom stereocenters. The van der Waals surface area contributed by atoms with Crippen molar-refractivity contribution in [1.82, 2.24) is 19.9 Å². The van der Waals surface area contributed by atoms with E-state index in [0.717, 1.165) is 12.1 Å². The zero-order valence-electron chi connectivity index (χ0n) is 19.7. The van der Waals surface area contributed by atoms with Crippen molar-refractivity contribution in [1.29, 1.82) is 0 Å². The zero-order valence-corrected chi connectivity index (χ0v) is 13.5. The molecule has 0 unspecified atom stereocenters. The van der Waals surface area contributed by atoms with Gasteiger partial charge in [0.2, 0.25) is 11.9 Å². The van der Waals surface area contributed by atoms with Gasteiger partial charge < -0.3 is 10.6 Å². The summed E-state index contributed by atoms with van der Waals surface area (Å²) in [7, 11) is 0. The number of hydrogen-bond acceptors (Lipinski definition) is 6. The maximum Gasteiger partial charge on any atom is 0.408 e. The molecule has 0 aliphatic rings. The van der Waals surface area contributed by atoms with Gasteiger partial charge in [-0.25, -0.2) is 4.98 Å². The van der Waals surface area contributed by atoms with Crippen LogP contribution in [-0.2, 0) is 0 Å². The average Bonchev–Trinajstić information content (AvgIpc) is 2.62. The van der Waals surface area contributed by atoms with Crippen LogP contribution in [0.3, 0.4) is 0 Å². The Morgan fingerprint density at radius 3 is 1.89 bits per heavy atom. The summed E-state index contributed by atoms with van der Waals surface area (Å²) in [5.41, 5.74) is -0.343. The van der Waals surface area contributed by atoms with Crippen molar-refractivity contribution < 1.29 is 35.9 Å². The van der Waals surface area contributed by atoms with Crippen molar-refractivity contribution in [2.75, 3.05) is 10.6 Å². The van der Waals surface area contributed by atoms with Crippen molar-refractivity contribution >= 4 is 23.5 Å². The Labute approximate surface area is 164 Å². The van der Waals surface area contributed by atoms with Crippen molar-refractivity contribution in [3.05, 3.63) is 23.3 Å². The van der Waals surface area contributed by atoms with Gasteiger partial charge in [-0.05, 0) is 25.8 Å². The summed E-state index contributed by atoms with van der Waals surface area (Å²) in [5, 5.41) is 2.53. The number of halogens is 7. The zero-order chi connectivity index (χ0) is 26.3. The third-order valence-corrected chi connectivity index (χ3v) is 2.92. The number of alkyl halides is 6. The maximum atomic E-state index is 13.3. The second kappa shape index (κ2) is 7.71. The molecule has 27 heavy (non-hydrogen) atoms. The minimum Gasteiger partial charge on any atom is -0.343 e. The molecule has 0 saturated heterocycles. The van der Waals surface area contributed by atoms with E-state index < -0.39 is 61.0 Å². The molecule has 2 N–H and O–H groups in total. The van der Waals surface area contributed by atoms with Crippen LogP contribution in [0.2, 0.25) is 5.15 Å². The topological polar surface area (TPSA) is 75.6 Å². The Bertz CT molecular complexity index is 950. The largest absolute Gasteiger partial charge is 0.408 e. The van der Waals surface area contributed by atoms with Crippen molar-refractivity contribution in [2.24, 2.45) is 0 Å². The fourth-order valence-electron chi connectivity index (χ4n) is 1.53. The van der Waals surface area contributed by atoms with Gasteiger partial charge in [0, 0.05) is 8.22 Å². The predicted octanol–water partition coefficient (Wildman–Crippen LogP) is 4.31. The second-order valence-corrected chi connectivity index (χ2v) is 5.17. The lowest BCUT2D eigenvalue weighted by Gasteiger charge is -2.20. The minimum atomic E-state index is -5.37. The SMILES string of the molecule is [2H]c1ccc(-c2nc(N[C@H](C([2H])([2H])[2H])C(F)(F)F)nc(N[C@H](C([2H])([2H])[2H])C(F)(F)F)n2)nc1Cl. The molecule has 148 valence electrons. The van der Waals surface area contributed by atoms with Crippen LogP contribution < -0.4 is 10.6 Å². The molecule has 2 rings (SSSR count). The molecule has 13 heteroatoms. The van der Waals surface area contributed by atoms with Crippen molar-refractivity contribution in [2.45, 2.75) is 38.1 Å². The summed E-state index contributed by atoms with van der Waals surface area (Å²) >= 11 is 5.70. The van der Waals surface area contributed by atoms with Crippen LogP contribution in [0.15, 0.2) is 18.2 Å². The monoisotopic (exact) mass is 421 g/mol. The van der Waals surface area contributed by atoms with Gasteiger partial charge in [-0.15, -0.1) is 0 Å². The van der Waals surface area contributed by atoms with E-state index in [1.807, 2.05) is 0 Å². The lowest BCUT2D eigenvalue weighted by molar-refractivity contribution is -0.139. The van der Waals surface area contributed by atoms with Crippen LogP contribution >= 0.6 is 11.6 Å². The fourth-order valence-corrected chi connectivity index (χ4v) is 1.68. The van der Waals surface area contributed by atoms with Crippen LogP contribution in [0.25, 0.3) is 11.5 Å². The molecular formula is C14H13ClF6N6. The number of anilines is 2. The molecule has 0 saturated carbocycles. The van der Waals surface area contributed by atoms with Crippen molar-refractivity contribution in [3.63, 3.8) is 0 Å². The Kier molecular flexibility index (Phi) is 3.69. The van der Waals surface area contributed by atoms with Gasteiger partial charge in [0.05, 0.1) is 1.37 Å². The van der Waals surface area contributed by atoms with Gasteiger partial charge in [-0.1, -0.05) is 17.7 Å². The van der Waals surface area contributed by atoms with Gasteiger partial charge in [0.15, 0.2) is 5.82 Å². The van der Waals surface area contributed by atoms with E-state index in [2.05, 4.69) is 19.9 Å². The summed E-state index contributed by atoms with van der Waals surface area (Å²) in [5.74, 6) is -2.99. The third kappa shape index (κ3) is 5.81. The molecule has 2 aromatic rings. The molecule has 2 aromatic heterocycles. The standard InChI is InChI=1S/C14H13ClF6N6/c1-6(13(16,17)18)22-11-25-10(8-4-3-5-9(15)24-8)26-12(27-11)23-7(2)14(19,20)21/h3-7H,1-2H3,(H2,22,23,25,26,27)/t6-,7-/m1/s1/i1D3,2D3,5D. The first kappa shape index (κ1) is 12.9. The lowest BCUT2D eigenvalue weighted by Crippen LogP contribution is -2.35. The predicted molar refractivity (Wildman–Crippen MR) is 86.3 cm³/mol. The summed E-state index contributed by atoms with van der Waals surface area (Å²) in [6.07, 6.45) is -10.7. The Morgan fingerprint density at radius 1 is 0.963 bits per heavy atom. The average molecular weight is 422 g/mol. The van der Waals surface area contributed by atoms with Gasteiger partial charge in [0.25, 0.3) is 0 Å². The Hall–Kier alpha value is -2.37. The normalized spacial score (nSPS) is 19.3. The molecule has 0 fully saturated rings. The molecule has 0 amide bonds.